The van der Waals surface area contributed by atoms with Crippen LogP contribution in [-0.2, 0) is 11.8 Å². The van der Waals surface area contributed by atoms with Gasteiger partial charge in [0.05, 0.1) is 0 Å². The Morgan fingerprint density at radius 1 is 1.47 bits per heavy atom. The number of amides is 1. The molecule has 1 rings (SSSR count). The maximum atomic E-state index is 11.7. The molecular weight excluding hydrogens is 250 g/mol. The maximum absolute atomic E-state index is 11.7. The van der Waals surface area contributed by atoms with Gasteiger partial charge in [-0.3, -0.25) is 14.4 Å². The van der Waals surface area contributed by atoms with E-state index in [0.29, 0.717) is 13.0 Å². The van der Waals surface area contributed by atoms with Crippen molar-refractivity contribution in [2.24, 2.45) is 13.0 Å². The number of aromatic nitrogens is 2. The summed E-state index contributed by atoms with van der Waals surface area (Å²) >= 11 is 0. The Morgan fingerprint density at radius 3 is 2.74 bits per heavy atom. The second kappa shape index (κ2) is 6.67. The molecule has 0 saturated carbocycles. The lowest BCUT2D eigenvalue weighted by molar-refractivity contribution is -0.137. The van der Waals surface area contributed by atoms with Gasteiger partial charge in [0, 0.05) is 26.1 Å². The fourth-order valence-electron chi connectivity index (χ4n) is 1.45. The molecular formula is C12H17N3O4. The van der Waals surface area contributed by atoms with E-state index in [9.17, 15) is 14.4 Å². The Hall–Kier alpha value is -2.18. The van der Waals surface area contributed by atoms with Crippen molar-refractivity contribution in [2.45, 2.75) is 19.8 Å². The van der Waals surface area contributed by atoms with Crippen LogP contribution in [-0.4, -0.2) is 33.3 Å². The van der Waals surface area contributed by atoms with E-state index in [1.807, 2.05) is 6.92 Å². The van der Waals surface area contributed by atoms with Gasteiger partial charge >= 0.3 is 5.97 Å². The Bertz CT molecular complexity index is 524. The minimum atomic E-state index is -0.849. The Labute approximate surface area is 110 Å². The average molecular weight is 267 g/mol. The van der Waals surface area contributed by atoms with Crippen LogP contribution in [0.25, 0.3) is 0 Å². The molecule has 1 unspecified atom stereocenters. The normalized spacial score (nSPS) is 11.9. The van der Waals surface area contributed by atoms with Gasteiger partial charge in [0.25, 0.3) is 11.5 Å². The summed E-state index contributed by atoms with van der Waals surface area (Å²) in [4.78, 5) is 33.3. The summed E-state index contributed by atoms with van der Waals surface area (Å²) in [5.41, 5.74) is -0.126. The smallest absolute Gasteiger partial charge is 0.303 e. The zero-order chi connectivity index (χ0) is 14.4. The number of aryl methyl sites for hydroxylation is 1. The minimum Gasteiger partial charge on any atom is -0.481 e. The fraction of sp³-hybridized carbons (Fsp3) is 0.500. The van der Waals surface area contributed by atoms with Crippen LogP contribution in [0.4, 0.5) is 0 Å². The van der Waals surface area contributed by atoms with Gasteiger partial charge in [0.15, 0.2) is 0 Å². The first-order valence-corrected chi connectivity index (χ1v) is 5.94. The molecule has 1 atom stereocenters. The molecule has 0 aliphatic carbocycles. The number of carboxylic acid groups (broad SMARTS) is 1. The van der Waals surface area contributed by atoms with E-state index in [4.69, 9.17) is 5.11 Å². The number of carbonyl (C=O) groups excluding carboxylic acids is 1. The van der Waals surface area contributed by atoms with Crippen molar-refractivity contribution in [3.05, 3.63) is 28.2 Å². The maximum Gasteiger partial charge on any atom is 0.303 e. The predicted octanol–water partition coefficient (Wildman–Crippen LogP) is 0.0110. The highest BCUT2D eigenvalue weighted by atomic mass is 16.4. The molecule has 7 nitrogen and oxygen atoms in total. The topological polar surface area (TPSA) is 101 Å². The van der Waals surface area contributed by atoms with Gasteiger partial charge in [-0.1, -0.05) is 6.92 Å². The number of hydrogen-bond acceptors (Lipinski definition) is 4. The van der Waals surface area contributed by atoms with Gasteiger partial charge in [0.1, 0.15) is 5.69 Å². The van der Waals surface area contributed by atoms with E-state index < -0.39 is 5.97 Å². The van der Waals surface area contributed by atoms with E-state index >= 15 is 0 Å². The molecule has 0 aliphatic heterocycles. The standard InChI is InChI=1S/C12H17N3O4/c1-8(3-6-11(17)18)7-13-12(19)9-4-5-10(16)15(2)14-9/h4-5,8H,3,6-7H2,1-2H3,(H,13,19)(H,17,18). The van der Waals surface area contributed by atoms with Crippen molar-refractivity contribution >= 4 is 11.9 Å². The van der Waals surface area contributed by atoms with E-state index in [1.165, 1.54) is 19.2 Å². The lowest BCUT2D eigenvalue weighted by Crippen LogP contribution is -2.31. The number of rotatable bonds is 6. The van der Waals surface area contributed by atoms with Crippen LogP contribution in [0.5, 0.6) is 0 Å². The molecule has 0 bridgehead atoms. The molecule has 0 radical (unpaired) electrons. The lowest BCUT2D eigenvalue weighted by atomic mass is 10.1. The van der Waals surface area contributed by atoms with Crippen molar-refractivity contribution in [2.75, 3.05) is 6.54 Å². The van der Waals surface area contributed by atoms with Crippen LogP contribution < -0.4 is 10.9 Å². The van der Waals surface area contributed by atoms with Gasteiger partial charge in [-0.2, -0.15) is 5.10 Å². The summed E-state index contributed by atoms with van der Waals surface area (Å²) in [6.45, 7) is 2.23. The third-order valence-electron chi connectivity index (χ3n) is 2.66. The first kappa shape index (κ1) is 14.9. The third kappa shape index (κ3) is 4.90. The van der Waals surface area contributed by atoms with Crippen molar-refractivity contribution in [3.8, 4) is 0 Å². The highest BCUT2D eigenvalue weighted by Crippen LogP contribution is 2.04. The third-order valence-corrected chi connectivity index (χ3v) is 2.66. The molecule has 0 fully saturated rings. The van der Waals surface area contributed by atoms with Gasteiger partial charge in [-0.05, 0) is 18.4 Å². The fourth-order valence-corrected chi connectivity index (χ4v) is 1.45. The molecule has 1 amide bonds. The number of aliphatic carboxylic acids is 1. The second-order valence-corrected chi connectivity index (χ2v) is 4.43. The second-order valence-electron chi connectivity index (χ2n) is 4.43. The highest BCUT2D eigenvalue weighted by Gasteiger charge is 2.11. The van der Waals surface area contributed by atoms with Gasteiger partial charge in [0.2, 0.25) is 0 Å². The van der Waals surface area contributed by atoms with Crippen molar-refractivity contribution in [1.29, 1.82) is 0 Å². The largest absolute Gasteiger partial charge is 0.481 e. The first-order chi connectivity index (χ1) is 8.90. The molecule has 104 valence electrons. The number of carboxylic acids is 1. The van der Waals surface area contributed by atoms with Crippen LogP contribution in [0.1, 0.15) is 30.3 Å². The molecule has 1 aromatic heterocycles. The Morgan fingerprint density at radius 2 is 2.16 bits per heavy atom. The van der Waals surface area contributed by atoms with E-state index in [-0.39, 0.29) is 29.5 Å². The van der Waals surface area contributed by atoms with Crippen molar-refractivity contribution in [1.82, 2.24) is 15.1 Å². The summed E-state index contributed by atoms with van der Waals surface area (Å²) in [5, 5.41) is 15.0. The first-order valence-electron chi connectivity index (χ1n) is 5.94. The van der Waals surface area contributed by atoms with Crippen molar-refractivity contribution in [3.63, 3.8) is 0 Å². The Kier molecular flexibility index (Phi) is 5.23. The van der Waals surface area contributed by atoms with E-state index in [2.05, 4.69) is 10.4 Å². The average Bonchev–Trinajstić information content (AvgIpc) is 2.36. The number of nitrogens with one attached hydrogen (secondary N) is 1. The van der Waals surface area contributed by atoms with E-state index in [1.54, 1.807) is 0 Å². The van der Waals surface area contributed by atoms with Crippen LogP contribution >= 0.6 is 0 Å². The number of nitrogens with zero attached hydrogens (tertiary/aromatic N) is 2. The summed E-state index contributed by atoms with van der Waals surface area (Å²) in [6.07, 6.45) is 0.575. The van der Waals surface area contributed by atoms with E-state index in [0.717, 1.165) is 4.68 Å². The molecule has 7 heteroatoms. The van der Waals surface area contributed by atoms with Crippen LogP contribution in [0.15, 0.2) is 16.9 Å². The molecule has 2 N–H and O–H groups in total. The van der Waals surface area contributed by atoms with Crippen LogP contribution in [0.3, 0.4) is 0 Å². The summed E-state index contributed by atoms with van der Waals surface area (Å²) in [7, 11) is 1.47. The number of hydrogen-bond donors (Lipinski definition) is 2. The predicted molar refractivity (Wildman–Crippen MR) is 67.8 cm³/mol. The van der Waals surface area contributed by atoms with Gasteiger partial charge in [-0.15, -0.1) is 0 Å². The minimum absolute atomic E-state index is 0.0626. The molecule has 0 aliphatic rings. The zero-order valence-electron chi connectivity index (χ0n) is 10.9. The molecule has 19 heavy (non-hydrogen) atoms. The Balaban J connectivity index is 2.48. The summed E-state index contributed by atoms with van der Waals surface area (Å²) in [5.74, 6) is -1.16. The van der Waals surface area contributed by atoms with Crippen LogP contribution in [0, 0.1) is 5.92 Å². The quantitative estimate of drug-likeness (QED) is 0.756. The zero-order valence-corrected chi connectivity index (χ0v) is 10.9. The summed E-state index contributed by atoms with van der Waals surface area (Å²) in [6, 6.07) is 2.63. The molecule has 0 aromatic carbocycles. The molecule has 1 aromatic rings. The molecule has 0 spiro atoms. The SMILES string of the molecule is CC(CCC(=O)O)CNC(=O)c1ccc(=O)n(C)n1. The lowest BCUT2D eigenvalue weighted by Gasteiger charge is -2.11. The van der Waals surface area contributed by atoms with Gasteiger partial charge < -0.3 is 10.4 Å². The van der Waals surface area contributed by atoms with Crippen molar-refractivity contribution < 1.29 is 14.7 Å². The summed E-state index contributed by atoms with van der Waals surface area (Å²) < 4.78 is 1.09. The molecule has 0 saturated heterocycles. The van der Waals surface area contributed by atoms with Gasteiger partial charge in [-0.25, -0.2) is 4.68 Å². The van der Waals surface area contributed by atoms with Crippen LogP contribution in [0.2, 0.25) is 0 Å². The highest BCUT2D eigenvalue weighted by molar-refractivity contribution is 5.91. The number of carbonyl (C=O) groups is 2. The molecule has 1 heterocycles. The monoisotopic (exact) mass is 267 g/mol.